The number of hydrogen-bond acceptors (Lipinski definition) is 1. The molecule has 0 saturated heterocycles. The highest BCUT2D eigenvalue weighted by Crippen LogP contribution is 2.43. The molecule has 19 heavy (non-hydrogen) atoms. The van der Waals surface area contributed by atoms with Gasteiger partial charge >= 0.3 is 0 Å². The van der Waals surface area contributed by atoms with Crippen LogP contribution in [0.3, 0.4) is 0 Å². The summed E-state index contributed by atoms with van der Waals surface area (Å²) < 4.78 is 0. The minimum absolute atomic E-state index is 0.538. The smallest absolute Gasteiger partial charge is 0.133 e. The summed E-state index contributed by atoms with van der Waals surface area (Å²) in [5.74, 6) is 3.19. The number of rotatable bonds is 7. The van der Waals surface area contributed by atoms with Crippen LogP contribution >= 0.6 is 0 Å². The monoisotopic (exact) mass is 264 g/mol. The molecule has 0 aromatic carbocycles. The summed E-state index contributed by atoms with van der Waals surface area (Å²) in [6.45, 7) is 2.29. The highest BCUT2D eigenvalue weighted by molar-refractivity contribution is 5.79. The van der Waals surface area contributed by atoms with Gasteiger partial charge in [-0.15, -0.1) is 0 Å². The molecule has 110 valence electrons. The molecule has 0 N–H and O–H groups in total. The normalized spacial score (nSPS) is 31.2. The molecule has 0 aromatic rings. The van der Waals surface area contributed by atoms with Crippen molar-refractivity contribution in [1.82, 2.24) is 0 Å². The fourth-order valence-corrected chi connectivity index (χ4v) is 4.26. The molecule has 0 bridgehead atoms. The fraction of sp³-hybridized carbons (Fsp3) is 0.944. The standard InChI is InChI=1S/C18H32O/c1-2-3-4-5-6-7-8-15-9-10-17-14-18(19)12-11-16(17)13-15/h15-17H,2-14H2,1H3. The van der Waals surface area contributed by atoms with Gasteiger partial charge in [0, 0.05) is 12.8 Å². The molecular formula is C18H32O. The summed E-state index contributed by atoms with van der Waals surface area (Å²) in [5, 5.41) is 0. The van der Waals surface area contributed by atoms with Crippen molar-refractivity contribution in [2.45, 2.75) is 90.4 Å². The summed E-state index contributed by atoms with van der Waals surface area (Å²) in [6.07, 6.45) is 17.2. The second-order valence-corrected chi connectivity index (χ2v) is 7.04. The average Bonchev–Trinajstić information content (AvgIpc) is 2.43. The number of fused-ring (bicyclic) bond motifs is 1. The van der Waals surface area contributed by atoms with Gasteiger partial charge in [0.05, 0.1) is 0 Å². The van der Waals surface area contributed by atoms with E-state index in [1.807, 2.05) is 0 Å². The van der Waals surface area contributed by atoms with Crippen LogP contribution in [0.4, 0.5) is 0 Å². The zero-order chi connectivity index (χ0) is 13.5. The molecule has 3 unspecified atom stereocenters. The zero-order valence-corrected chi connectivity index (χ0v) is 12.8. The highest BCUT2D eigenvalue weighted by atomic mass is 16.1. The van der Waals surface area contributed by atoms with E-state index in [-0.39, 0.29) is 0 Å². The average molecular weight is 264 g/mol. The first-order valence-electron chi connectivity index (χ1n) is 8.81. The van der Waals surface area contributed by atoms with E-state index in [1.54, 1.807) is 0 Å². The molecule has 0 spiro atoms. The minimum Gasteiger partial charge on any atom is -0.300 e. The first-order chi connectivity index (χ1) is 9.29. The Morgan fingerprint density at radius 2 is 1.74 bits per heavy atom. The second kappa shape index (κ2) is 8.07. The quantitative estimate of drug-likeness (QED) is 0.553. The molecular weight excluding hydrogens is 232 g/mol. The van der Waals surface area contributed by atoms with Crippen molar-refractivity contribution in [1.29, 1.82) is 0 Å². The minimum atomic E-state index is 0.538. The van der Waals surface area contributed by atoms with E-state index < -0.39 is 0 Å². The van der Waals surface area contributed by atoms with Crippen molar-refractivity contribution < 1.29 is 4.79 Å². The molecule has 2 rings (SSSR count). The highest BCUT2D eigenvalue weighted by Gasteiger charge is 2.34. The zero-order valence-electron chi connectivity index (χ0n) is 12.8. The van der Waals surface area contributed by atoms with Crippen LogP contribution in [0.25, 0.3) is 0 Å². The van der Waals surface area contributed by atoms with E-state index in [4.69, 9.17) is 0 Å². The van der Waals surface area contributed by atoms with Crippen LogP contribution in [0.2, 0.25) is 0 Å². The predicted molar refractivity (Wildman–Crippen MR) is 81.2 cm³/mol. The Morgan fingerprint density at radius 1 is 0.947 bits per heavy atom. The lowest BCUT2D eigenvalue weighted by Crippen LogP contribution is -2.31. The Hall–Kier alpha value is -0.330. The van der Waals surface area contributed by atoms with Crippen molar-refractivity contribution in [3.05, 3.63) is 0 Å². The van der Waals surface area contributed by atoms with Gasteiger partial charge in [-0.2, -0.15) is 0 Å². The van der Waals surface area contributed by atoms with E-state index >= 15 is 0 Å². The van der Waals surface area contributed by atoms with Gasteiger partial charge < -0.3 is 0 Å². The molecule has 2 fully saturated rings. The summed E-state index contributed by atoms with van der Waals surface area (Å²) in [5.41, 5.74) is 0. The van der Waals surface area contributed by atoms with Crippen molar-refractivity contribution in [3.63, 3.8) is 0 Å². The third-order valence-electron chi connectivity index (χ3n) is 5.50. The third-order valence-corrected chi connectivity index (χ3v) is 5.50. The Morgan fingerprint density at radius 3 is 2.58 bits per heavy atom. The van der Waals surface area contributed by atoms with E-state index in [2.05, 4.69) is 6.92 Å². The summed E-state index contributed by atoms with van der Waals surface area (Å²) in [6, 6.07) is 0. The Balaban J connectivity index is 1.58. The molecule has 2 aliphatic rings. The van der Waals surface area contributed by atoms with Gasteiger partial charge in [-0.05, 0) is 37.0 Å². The summed E-state index contributed by atoms with van der Waals surface area (Å²) in [7, 11) is 0. The molecule has 1 heteroatoms. The largest absolute Gasteiger partial charge is 0.300 e. The van der Waals surface area contributed by atoms with E-state index in [0.29, 0.717) is 5.78 Å². The fourth-order valence-electron chi connectivity index (χ4n) is 4.26. The van der Waals surface area contributed by atoms with Crippen LogP contribution in [0.5, 0.6) is 0 Å². The maximum Gasteiger partial charge on any atom is 0.133 e. The van der Waals surface area contributed by atoms with Crippen molar-refractivity contribution in [3.8, 4) is 0 Å². The molecule has 2 saturated carbocycles. The Kier molecular flexibility index (Phi) is 6.40. The van der Waals surface area contributed by atoms with Gasteiger partial charge in [-0.1, -0.05) is 58.3 Å². The molecule has 0 aromatic heterocycles. The number of hydrogen-bond donors (Lipinski definition) is 0. The molecule has 0 radical (unpaired) electrons. The summed E-state index contributed by atoms with van der Waals surface area (Å²) in [4.78, 5) is 11.5. The topological polar surface area (TPSA) is 17.1 Å². The van der Waals surface area contributed by atoms with Gasteiger partial charge in [0.2, 0.25) is 0 Å². The van der Waals surface area contributed by atoms with Crippen molar-refractivity contribution in [2.75, 3.05) is 0 Å². The maximum atomic E-state index is 11.5. The van der Waals surface area contributed by atoms with E-state index in [0.717, 1.165) is 30.6 Å². The van der Waals surface area contributed by atoms with Gasteiger partial charge in [-0.3, -0.25) is 4.79 Å². The van der Waals surface area contributed by atoms with Crippen LogP contribution in [-0.4, -0.2) is 5.78 Å². The van der Waals surface area contributed by atoms with Crippen molar-refractivity contribution in [2.24, 2.45) is 17.8 Å². The van der Waals surface area contributed by atoms with Crippen molar-refractivity contribution >= 4 is 5.78 Å². The molecule has 0 heterocycles. The predicted octanol–water partition coefficient (Wildman–Crippen LogP) is 5.52. The number of carbonyl (C=O) groups is 1. The number of Topliss-reactive ketones (excluding diaryl/α,β-unsaturated/α-hetero) is 1. The lowest BCUT2D eigenvalue weighted by Gasteiger charge is -2.38. The summed E-state index contributed by atoms with van der Waals surface area (Å²) >= 11 is 0. The number of carbonyl (C=O) groups excluding carboxylic acids is 1. The van der Waals surface area contributed by atoms with E-state index in [1.165, 1.54) is 70.6 Å². The van der Waals surface area contributed by atoms with Crippen LogP contribution in [0.15, 0.2) is 0 Å². The third kappa shape index (κ3) is 4.93. The lowest BCUT2D eigenvalue weighted by molar-refractivity contribution is -0.123. The molecule has 2 aliphatic carbocycles. The van der Waals surface area contributed by atoms with Crippen LogP contribution in [-0.2, 0) is 4.79 Å². The van der Waals surface area contributed by atoms with Gasteiger partial charge in [0.25, 0.3) is 0 Å². The van der Waals surface area contributed by atoms with E-state index in [9.17, 15) is 4.79 Å². The van der Waals surface area contributed by atoms with Gasteiger partial charge in [-0.25, -0.2) is 0 Å². The first-order valence-corrected chi connectivity index (χ1v) is 8.81. The van der Waals surface area contributed by atoms with Crippen LogP contribution in [0.1, 0.15) is 90.4 Å². The lowest BCUT2D eigenvalue weighted by atomic mass is 9.66. The van der Waals surface area contributed by atoms with Gasteiger partial charge in [0.1, 0.15) is 5.78 Å². The first kappa shape index (κ1) is 15.1. The SMILES string of the molecule is CCCCCCCCC1CCC2CC(=O)CCC2C1. The number of unbranched alkanes of at least 4 members (excludes halogenated alkanes) is 5. The molecule has 3 atom stereocenters. The number of ketones is 1. The second-order valence-electron chi connectivity index (χ2n) is 7.04. The van der Waals surface area contributed by atoms with Crippen LogP contribution in [0, 0.1) is 17.8 Å². The molecule has 0 aliphatic heterocycles. The Bertz CT molecular complexity index is 271. The molecule has 1 nitrogen and oxygen atoms in total. The van der Waals surface area contributed by atoms with Gasteiger partial charge in [0.15, 0.2) is 0 Å². The Labute approximate surface area is 119 Å². The van der Waals surface area contributed by atoms with Crippen LogP contribution < -0.4 is 0 Å². The maximum absolute atomic E-state index is 11.5. The molecule has 0 amide bonds.